The van der Waals surface area contributed by atoms with Gasteiger partial charge in [-0.25, -0.2) is 4.98 Å². The fraction of sp³-hybridized carbons (Fsp3) is 0.701. The first kappa shape index (κ1) is 96.4. The minimum Gasteiger partial charge on any atom is -0.481 e. The molecule has 112 heavy (non-hydrogen) atoms. The molecule has 0 radical (unpaired) electrons. The molecule has 12 N–H and O–H groups in total. The number of nitrogens with zero attached hydrogens (tertiary/aromatic N) is 8. The lowest BCUT2D eigenvalue weighted by atomic mass is 9.91. The van der Waals surface area contributed by atoms with Gasteiger partial charge in [0.15, 0.2) is 0 Å². The maximum absolute atomic E-state index is 15.6. The van der Waals surface area contributed by atoms with E-state index in [1.165, 1.54) is 96.1 Å². The number of carbonyl (C=O) groups excluding carboxylic acids is 14. The highest BCUT2D eigenvalue weighted by molar-refractivity contribution is 6.02. The van der Waals surface area contributed by atoms with Crippen LogP contribution in [0.25, 0.3) is 11.0 Å². The number of carbonyl (C=O) groups is 16. The number of fused-ring (bicyclic) bond motifs is 1. The third-order valence-corrected chi connectivity index (χ3v) is 20.2. The quantitative estimate of drug-likeness (QED) is 0.0631. The number of rotatable bonds is 26. The van der Waals surface area contributed by atoms with E-state index < -0.39 is 223 Å². The van der Waals surface area contributed by atoms with Gasteiger partial charge in [0.05, 0.1) is 23.7 Å². The Morgan fingerprint density at radius 3 is 1.48 bits per heavy atom. The Morgan fingerprint density at radius 2 is 0.991 bits per heavy atom. The lowest BCUT2D eigenvalue weighted by Gasteiger charge is -2.41. The van der Waals surface area contributed by atoms with Crippen LogP contribution >= 0.6 is 0 Å². The molecule has 14 amide bonds. The third kappa shape index (κ3) is 27.0. The van der Waals surface area contributed by atoms with Gasteiger partial charge >= 0.3 is 11.9 Å². The molecule has 0 aliphatic carbocycles. The molecule has 14 atom stereocenters. The van der Waals surface area contributed by atoms with Gasteiger partial charge in [-0.15, -0.1) is 0 Å². The van der Waals surface area contributed by atoms with Crippen molar-refractivity contribution < 1.29 is 92.0 Å². The largest absolute Gasteiger partial charge is 0.481 e. The van der Waals surface area contributed by atoms with Crippen molar-refractivity contribution >= 4 is 106 Å². The van der Waals surface area contributed by atoms with E-state index in [2.05, 4.69) is 41.9 Å². The smallest absolute Gasteiger partial charge is 0.303 e. The predicted molar refractivity (Wildman–Crippen MR) is 415 cm³/mol. The monoisotopic (exact) mass is 1580 g/mol. The number of aromatic nitrogens is 2. The SMILES string of the molecule is CC[C@@H]1NC(=O)[C@H]([C@H](O)[C@H](C)Cc2nc3cc(C(=O)N[C@@H](CCC(=O)O)C(=O)N[C@@H](CCC(=O)O)C(N)=O)ccc3[nH]2)N(C)C(=O)[C@H](C(C)C)N(C)C(=O)[C@H](CC(C)C)N(C)C(=O)[C@H](CC(C)C)N(C)C(=O)[C@@H](C)NC(=O)[C@H](C)NC(=O)[C@H](CC(C)C)N(C)C(=O)[C@H](C(C)C)NC(=O)[C@H](CC(C)C)N(C)C(=O)CN(C)C1=O. The van der Waals surface area contributed by atoms with Gasteiger partial charge in [0, 0.05) is 74.2 Å². The summed E-state index contributed by atoms with van der Waals surface area (Å²) in [7, 11) is 9.48. The summed E-state index contributed by atoms with van der Waals surface area (Å²) in [6, 6.07) is -12.4. The highest BCUT2D eigenvalue weighted by Gasteiger charge is 2.46. The summed E-state index contributed by atoms with van der Waals surface area (Å²) in [5.74, 6) is -17.1. The summed E-state index contributed by atoms with van der Waals surface area (Å²) in [6.07, 6.45) is -3.82. The minimum atomic E-state index is -1.89. The number of aliphatic hydroxyl groups excluding tert-OH is 1. The molecule has 628 valence electrons. The summed E-state index contributed by atoms with van der Waals surface area (Å²) >= 11 is 0. The van der Waals surface area contributed by atoms with Crippen LogP contribution in [0.4, 0.5) is 0 Å². The fourth-order valence-electron chi connectivity index (χ4n) is 13.5. The number of carboxylic acids is 2. The van der Waals surface area contributed by atoms with E-state index in [1.807, 2.05) is 55.4 Å². The molecule has 35 heteroatoms. The van der Waals surface area contributed by atoms with Gasteiger partial charge in [-0.05, 0) is 118 Å². The molecule has 1 aromatic heterocycles. The normalized spacial score (nSPS) is 23.6. The van der Waals surface area contributed by atoms with Gasteiger partial charge in [-0.1, -0.05) is 96.9 Å². The number of nitrogens with one attached hydrogen (secondary N) is 7. The van der Waals surface area contributed by atoms with Gasteiger partial charge < -0.3 is 92.2 Å². The molecule has 1 fully saturated rings. The topological polar surface area (TPSA) is 483 Å². The second kappa shape index (κ2) is 43.3. The zero-order chi connectivity index (χ0) is 85.7. The van der Waals surface area contributed by atoms with Crippen LogP contribution in [0.3, 0.4) is 0 Å². The third-order valence-electron chi connectivity index (χ3n) is 20.2. The zero-order valence-electron chi connectivity index (χ0n) is 69.6. The number of H-pyrrole nitrogens is 1. The number of hydrogen-bond donors (Lipinski definition) is 11. The molecule has 2 aromatic rings. The van der Waals surface area contributed by atoms with Crippen molar-refractivity contribution in [1.29, 1.82) is 0 Å². The van der Waals surface area contributed by atoms with Crippen LogP contribution in [0.5, 0.6) is 0 Å². The van der Waals surface area contributed by atoms with Crippen LogP contribution in [0, 0.1) is 41.4 Å². The molecule has 35 nitrogen and oxygen atoms in total. The Hall–Kier alpha value is -9.83. The average molecular weight is 1580 g/mol. The van der Waals surface area contributed by atoms with Crippen molar-refractivity contribution in [2.24, 2.45) is 47.2 Å². The molecule has 1 aliphatic heterocycles. The van der Waals surface area contributed by atoms with E-state index in [9.17, 15) is 72.9 Å². The second-order valence-electron chi connectivity index (χ2n) is 32.3. The van der Waals surface area contributed by atoms with Crippen LogP contribution in [-0.4, -0.2) is 289 Å². The molecule has 2 heterocycles. The van der Waals surface area contributed by atoms with Crippen molar-refractivity contribution in [2.45, 2.75) is 254 Å². The first-order valence-electron chi connectivity index (χ1n) is 38.5. The lowest BCUT2D eigenvalue weighted by Crippen LogP contribution is -2.63. The number of nitrogens with two attached hydrogens (primary N) is 1. The van der Waals surface area contributed by atoms with Crippen LogP contribution in [0.15, 0.2) is 18.2 Å². The predicted octanol–water partition coefficient (Wildman–Crippen LogP) is 1.22. The van der Waals surface area contributed by atoms with Gasteiger partial charge in [0.1, 0.15) is 78.3 Å². The summed E-state index contributed by atoms with van der Waals surface area (Å²) < 4.78 is 0. The molecular formula is C77H126N16O19. The van der Waals surface area contributed by atoms with Gasteiger partial charge in [0.2, 0.25) is 76.8 Å². The zero-order valence-corrected chi connectivity index (χ0v) is 69.6. The number of aromatic amines is 1. The van der Waals surface area contributed by atoms with E-state index in [4.69, 9.17) is 5.73 Å². The molecule has 1 aromatic carbocycles. The Balaban J connectivity index is 2.33. The highest BCUT2D eigenvalue weighted by atomic mass is 16.4. The Bertz CT molecular complexity index is 3690. The molecule has 0 saturated carbocycles. The summed E-state index contributed by atoms with van der Waals surface area (Å²) in [4.78, 5) is 241. The highest BCUT2D eigenvalue weighted by Crippen LogP contribution is 2.27. The standard InChI is InChI=1S/C77H126N16O19/c1-24-48-73(108)87(17)37-58(94)88(18)53(31-38(2)3)70(105)86-61(42(10)11)76(111)89(19)54(32-39(4)5)69(104)79-45(15)66(101)80-46(16)72(107)90(20)55(33-40(6)7)74(109)91(21)56(34-41(8)9)75(110)92(22)62(43(12)13)77(112)93(23)63(71(106)83-48)64(99)44(14)35-57-81-49-26-25-47(36-52(49)82-57)67(102)85-51(28-30-60(97)98)68(103)84-50(65(78)100)27-29-59(95)96/h25-26,36,38-46,48,50-51,53-56,61-64,99H,24,27-35,37H2,1-23H3,(H2,78,100)(H,79,104)(H,80,101)(H,81,82)(H,83,106)(H,84,103)(H,85,102)(H,86,105)(H,95,96)(H,97,98)/t44-,45+,46-,48+,50+,51+,53+,54+,55+,56+,61+,62+,63+,64-/m1/s1. The molecular weight excluding hydrogens is 1450 g/mol. The number of benzene rings is 1. The van der Waals surface area contributed by atoms with Crippen molar-refractivity contribution in [3.05, 3.63) is 29.6 Å². The van der Waals surface area contributed by atoms with E-state index in [0.717, 1.165) is 19.6 Å². The summed E-state index contributed by atoms with van der Waals surface area (Å²) in [6.45, 7) is 26.6. The van der Waals surface area contributed by atoms with Crippen molar-refractivity contribution in [1.82, 2.24) is 76.2 Å². The van der Waals surface area contributed by atoms with Crippen molar-refractivity contribution in [2.75, 3.05) is 55.9 Å². The first-order valence-corrected chi connectivity index (χ1v) is 38.5. The van der Waals surface area contributed by atoms with Crippen molar-refractivity contribution in [3.63, 3.8) is 0 Å². The number of carboxylic acid groups (broad SMARTS) is 2. The average Bonchev–Trinajstić information content (AvgIpc) is 1.03. The van der Waals surface area contributed by atoms with Gasteiger partial charge in [0.25, 0.3) is 5.91 Å². The number of aliphatic hydroxyl groups is 1. The van der Waals surface area contributed by atoms with E-state index in [1.54, 1.807) is 41.5 Å². The van der Waals surface area contributed by atoms with Gasteiger partial charge in [-0.3, -0.25) is 76.7 Å². The Labute approximate surface area is 657 Å². The molecule has 1 saturated heterocycles. The second-order valence-corrected chi connectivity index (χ2v) is 32.3. The minimum absolute atomic E-state index is 0.0448. The number of amides is 14. The van der Waals surface area contributed by atoms with Crippen molar-refractivity contribution in [3.8, 4) is 0 Å². The van der Waals surface area contributed by atoms with E-state index in [-0.39, 0.29) is 79.1 Å². The summed E-state index contributed by atoms with van der Waals surface area (Å²) in [5, 5.41) is 47.1. The summed E-state index contributed by atoms with van der Waals surface area (Å²) in [5.41, 5.74) is 5.86. The Kier molecular flexibility index (Phi) is 37.2. The molecule has 0 spiro atoms. The van der Waals surface area contributed by atoms with Gasteiger partial charge in [-0.2, -0.15) is 0 Å². The number of likely N-dealkylation sites (N-methyl/N-ethyl adjacent to an activating group) is 7. The molecule has 1 aliphatic rings. The first-order chi connectivity index (χ1) is 51.9. The molecule has 0 bridgehead atoms. The fourth-order valence-corrected chi connectivity index (χ4v) is 13.5. The van der Waals surface area contributed by atoms with Crippen LogP contribution < -0.4 is 37.6 Å². The number of hydrogen-bond acceptors (Lipinski definition) is 18. The van der Waals surface area contributed by atoms with Crippen LogP contribution in [0.2, 0.25) is 0 Å². The number of imidazole rings is 1. The lowest BCUT2D eigenvalue weighted by molar-refractivity contribution is -0.157. The molecule has 0 unspecified atom stereocenters. The molecule has 3 rings (SSSR count). The maximum atomic E-state index is 15.6. The Morgan fingerprint density at radius 1 is 0.527 bits per heavy atom. The van der Waals surface area contributed by atoms with E-state index in [0.29, 0.717) is 5.52 Å². The van der Waals surface area contributed by atoms with E-state index >= 15 is 19.2 Å². The number of aliphatic carboxylic acids is 2. The van der Waals surface area contributed by atoms with Crippen LogP contribution in [-0.2, 0) is 78.3 Å². The maximum Gasteiger partial charge on any atom is 0.303 e. The number of primary amides is 1. The van der Waals surface area contributed by atoms with Crippen LogP contribution in [0.1, 0.15) is 185 Å².